The van der Waals surface area contributed by atoms with Crippen LogP contribution in [0.15, 0.2) is 5.16 Å². The first kappa shape index (κ1) is 14.2. The van der Waals surface area contributed by atoms with Crippen LogP contribution >= 0.6 is 0 Å². The number of nitrogens with zero attached hydrogens (tertiary/aromatic N) is 2. The van der Waals surface area contributed by atoms with Gasteiger partial charge in [-0.05, 0) is 27.4 Å². The lowest BCUT2D eigenvalue weighted by molar-refractivity contribution is 0.290. The van der Waals surface area contributed by atoms with Crippen LogP contribution in [0.1, 0.15) is 26.7 Å². The maximum atomic E-state index is 8.47. The molecule has 4 N–H and O–H groups in total. The number of nitrogens with one attached hydrogen (secondary N) is 1. The summed E-state index contributed by atoms with van der Waals surface area (Å²) in [6.07, 6.45) is 1.56. The molecule has 5 nitrogen and oxygen atoms in total. The molecule has 90 valence electrons. The Hall–Kier alpha value is -0.810. The molecule has 0 heterocycles. The topological polar surface area (TPSA) is 73.9 Å². The van der Waals surface area contributed by atoms with Gasteiger partial charge in [-0.15, -0.1) is 0 Å². The molecule has 0 aromatic rings. The molecule has 15 heavy (non-hydrogen) atoms. The summed E-state index contributed by atoms with van der Waals surface area (Å²) in [4.78, 5) is 2.16. The Balaban J connectivity index is 3.90. The average molecular weight is 216 g/mol. The highest BCUT2D eigenvalue weighted by Crippen LogP contribution is 1.99. The molecule has 0 fully saturated rings. The Morgan fingerprint density at radius 3 is 2.53 bits per heavy atom. The van der Waals surface area contributed by atoms with Gasteiger partial charge >= 0.3 is 0 Å². The Kier molecular flexibility index (Phi) is 7.07. The SMILES string of the molecule is CCC(CC(N)=NO)NCC(C)N(C)C. The summed E-state index contributed by atoms with van der Waals surface area (Å²) < 4.78 is 0. The molecular weight excluding hydrogens is 192 g/mol. The van der Waals surface area contributed by atoms with E-state index in [1.807, 2.05) is 0 Å². The Morgan fingerprint density at radius 1 is 1.53 bits per heavy atom. The average Bonchev–Trinajstić information content (AvgIpc) is 2.22. The largest absolute Gasteiger partial charge is 0.409 e. The van der Waals surface area contributed by atoms with E-state index in [1.54, 1.807) is 0 Å². The number of oxime groups is 1. The Labute approximate surface area is 92.3 Å². The summed E-state index contributed by atoms with van der Waals surface area (Å²) in [6.45, 7) is 5.15. The minimum absolute atomic E-state index is 0.281. The Morgan fingerprint density at radius 2 is 2.13 bits per heavy atom. The second-order valence-electron chi connectivity index (χ2n) is 4.12. The second-order valence-corrected chi connectivity index (χ2v) is 4.12. The molecule has 5 heteroatoms. The van der Waals surface area contributed by atoms with Crippen molar-refractivity contribution in [2.45, 2.75) is 38.8 Å². The predicted molar refractivity (Wildman–Crippen MR) is 63.3 cm³/mol. The van der Waals surface area contributed by atoms with Crippen molar-refractivity contribution in [3.63, 3.8) is 0 Å². The molecule has 0 aliphatic rings. The predicted octanol–water partition coefficient (Wildman–Crippen LogP) is 0.441. The summed E-state index contributed by atoms with van der Waals surface area (Å²) in [5.74, 6) is 0.284. The van der Waals surface area contributed by atoms with Gasteiger partial charge in [0.15, 0.2) is 0 Å². The number of amidine groups is 1. The van der Waals surface area contributed by atoms with Crippen LogP contribution in [0.2, 0.25) is 0 Å². The van der Waals surface area contributed by atoms with Crippen LogP contribution in [0.4, 0.5) is 0 Å². The second kappa shape index (κ2) is 7.48. The lowest BCUT2D eigenvalue weighted by atomic mass is 10.1. The first-order valence-corrected chi connectivity index (χ1v) is 5.37. The standard InChI is InChI=1S/C10H24N4O/c1-5-9(6-10(11)13-15)12-7-8(2)14(3)4/h8-9,12,15H,5-7H2,1-4H3,(H2,11,13). The highest BCUT2D eigenvalue weighted by molar-refractivity contribution is 5.80. The maximum absolute atomic E-state index is 8.47. The minimum atomic E-state index is 0.281. The zero-order chi connectivity index (χ0) is 11.8. The molecule has 0 aromatic carbocycles. The van der Waals surface area contributed by atoms with Gasteiger partial charge in [0.2, 0.25) is 0 Å². The van der Waals surface area contributed by atoms with Crippen molar-refractivity contribution in [1.29, 1.82) is 0 Å². The van der Waals surface area contributed by atoms with Crippen LogP contribution in [0.5, 0.6) is 0 Å². The summed E-state index contributed by atoms with van der Waals surface area (Å²) in [5, 5.41) is 14.9. The van der Waals surface area contributed by atoms with Crippen molar-refractivity contribution in [2.24, 2.45) is 10.9 Å². The maximum Gasteiger partial charge on any atom is 0.140 e. The van der Waals surface area contributed by atoms with Gasteiger partial charge in [0.1, 0.15) is 5.84 Å². The van der Waals surface area contributed by atoms with Crippen molar-refractivity contribution >= 4 is 5.84 Å². The van der Waals surface area contributed by atoms with E-state index >= 15 is 0 Å². The van der Waals surface area contributed by atoms with Crippen molar-refractivity contribution in [1.82, 2.24) is 10.2 Å². The lowest BCUT2D eigenvalue weighted by Gasteiger charge is -2.23. The van der Waals surface area contributed by atoms with Crippen LogP contribution in [0.25, 0.3) is 0 Å². The van der Waals surface area contributed by atoms with Crippen molar-refractivity contribution in [2.75, 3.05) is 20.6 Å². The van der Waals surface area contributed by atoms with Gasteiger partial charge in [0, 0.05) is 25.0 Å². The monoisotopic (exact) mass is 216 g/mol. The molecule has 0 saturated carbocycles. The number of hydrogen-bond acceptors (Lipinski definition) is 4. The quantitative estimate of drug-likeness (QED) is 0.250. The molecule has 0 aliphatic heterocycles. The molecule has 0 saturated heterocycles. The van der Waals surface area contributed by atoms with E-state index in [4.69, 9.17) is 10.9 Å². The molecule has 0 aliphatic carbocycles. The van der Waals surface area contributed by atoms with E-state index in [0.717, 1.165) is 13.0 Å². The molecule has 0 bridgehead atoms. The number of hydrogen-bond donors (Lipinski definition) is 3. The van der Waals surface area contributed by atoms with Crippen LogP contribution in [0.3, 0.4) is 0 Å². The van der Waals surface area contributed by atoms with E-state index in [2.05, 4.69) is 43.3 Å². The third-order valence-electron chi connectivity index (χ3n) is 2.66. The zero-order valence-electron chi connectivity index (χ0n) is 10.2. The van der Waals surface area contributed by atoms with Crippen LogP contribution in [-0.2, 0) is 0 Å². The first-order valence-electron chi connectivity index (χ1n) is 5.37. The minimum Gasteiger partial charge on any atom is -0.409 e. The zero-order valence-corrected chi connectivity index (χ0v) is 10.2. The highest BCUT2D eigenvalue weighted by Gasteiger charge is 2.11. The lowest BCUT2D eigenvalue weighted by Crippen LogP contribution is -2.41. The smallest absolute Gasteiger partial charge is 0.140 e. The van der Waals surface area contributed by atoms with Gasteiger partial charge in [0.05, 0.1) is 0 Å². The fourth-order valence-electron chi connectivity index (χ4n) is 1.17. The molecule has 0 radical (unpaired) electrons. The first-order chi connectivity index (χ1) is 7.01. The van der Waals surface area contributed by atoms with Gasteiger partial charge in [-0.2, -0.15) is 0 Å². The third-order valence-corrected chi connectivity index (χ3v) is 2.66. The highest BCUT2D eigenvalue weighted by atomic mass is 16.4. The normalized spacial score (nSPS) is 16.7. The fourth-order valence-corrected chi connectivity index (χ4v) is 1.17. The molecule has 0 rings (SSSR count). The molecule has 2 atom stereocenters. The van der Waals surface area contributed by atoms with Gasteiger partial charge in [0.25, 0.3) is 0 Å². The number of nitrogens with two attached hydrogens (primary N) is 1. The molecule has 0 aromatic heterocycles. The fraction of sp³-hybridized carbons (Fsp3) is 0.900. The number of likely N-dealkylation sites (N-methyl/N-ethyl adjacent to an activating group) is 1. The van der Waals surface area contributed by atoms with Gasteiger partial charge in [-0.3, -0.25) is 0 Å². The summed E-state index contributed by atoms with van der Waals surface area (Å²) in [6, 6.07) is 0.759. The van der Waals surface area contributed by atoms with Gasteiger partial charge < -0.3 is 21.2 Å². The van der Waals surface area contributed by atoms with E-state index in [1.165, 1.54) is 0 Å². The van der Waals surface area contributed by atoms with E-state index in [9.17, 15) is 0 Å². The molecular formula is C10H24N4O. The van der Waals surface area contributed by atoms with Crippen LogP contribution in [-0.4, -0.2) is 48.7 Å². The molecule has 2 unspecified atom stereocenters. The van der Waals surface area contributed by atoms with Gasteiger partial charge in [-0.1, -0.05) is 12.1 Å². The van der Waals surface area contributed by atoms with Crippen LogP contribution < -0.4 is 11.1 Å². The van der Waals surface area contributed by atoms with Crippen molar-refractivity contribution < 1.29 is 5.21 Å². The Bertz CT molecular complexity index is 194. The number of rotatable bonds is 7. The van der Waals surface area contributed by atoms with E-state index < -0.39 is 0 Å². The van der Waals surface area contributed by atoms with Crippen LogP contribution in [0, 0.1) is 0 Å². The third kappa shape index (κ3) is 6.30. The molecule has 0 amide bonds. The summed E-state index contributed by atoms with van der Waals surface area (Å²) in [7, 11) is 4.10. The van der Waals surface area contributed by atoms with Crippen molar-refractivity contribution in [3.8, 4) is 0 Å². The molecule has 0 spiro atoms. The van der Waals surface area contributed by atoms with E-state index in [-0.39, 0.29) is 11.9 Å². The van der Waals surface area contributed by atoms with Crippen molar-refractivity contribution in [3.05, 3.63) is 0 Å². The van der Waals surface area contributed by atoms with E-state index in [0.29, 0.717) is 12.5 Å². The summed E-state index contributed by atoms with van der Waals surface area (Å²) in [5.41, 5.74) is 5.47. The summed E-state index contributed by atoms with van der Waals surface area (Å²) >= 11 is 0. The van der Waals surface area contributed by atoms with Gasteiger partial charge in [-0.25, -0.2) is 0 Å².